The summed E-state index contributed by atoms with van der Waals surface area (Å²) < 4.78 is 10.5. The molecule has 0 saturated heterocycles. The maximum atomic E-state index is 12.6. The summed E-state index contributed by atoms with van der Waals surface area (Å²) in [6.45, 7) is 4.75. The van der Waals surface area contributed by atoms with E-state index in [9.17, 15) is 4.79 Å². The fraction of sp³-hybridized carbons (Fsp3) is 0.381. The van der Waals surface area contributed by atoms with Crippen molar-refractivity contribution in [1.82, 2.24) is 4.90 Å². The van der Waals surface area contributed by atoms with E-state index >= 15 is 0 Å². The number of likely N-dealkylation sites (N-methyl/N-ethyl adjacent to an activating group) is 1. The molecule has 1 N–H and O–H groups in total. The summed E-state index contributed by atoms with van der Waals surface area (Å²) in [4.78, 5) is 14.6. The minimum Gasteiger partial charge on any atom is -0.493 e. The number of methoxy groups -OCH3 is 2. The molecule has 5 heteroatoms. The van der Waals surface area contributed by atoms with Crippen LogP contribution in [0.4, 0.5) is 5.69 Å². The fourth-order valence-corrected chi connectivity index (χ4v) is 2.67. The van der Waals surface area contributed by atoms with E-state index in [0.717, 1.165) is 6.42 Å². The van der Waals surface area contributed by atoms with Crippen molar-refractivity contribution >= 4 is 11.6 Å². The Balaban J connectivity index is 1.99. The van der Waals surface area contributed by atoms with E-state index in [1.165, 1.54) is 11.1 Å². The SMILES string of the molecule is CCc1ccc(CN(C)C(C)C(=O)Nc2ccc(OC)c(OC)c2)cc1. The third-order valence-corrected chi connectivity index (χ3v) is 4.55. The quantitative estimate of drug-likeness (QED) is 0.783. The molecule has 1 unspecified atom stereocenters. The summed E-state index contributed by atoms with van der Waals surface area (Å²) >= 11 is 0. The lowest BCUT2D eigenvalue weighted by Gasteiger charge is -2.24. The predicted octanol–water partition coefficient (Wildman–Crippen LogP) is 3.73. The lowest BCUT2D eigenvalue weighted by molar-refractivity contribution is -0.120. The van der Waals surface area contributed by atoms with Gasteiger partial charge in [-0.05, 0) is 43.7 Å². The molecule has 5 nitrogen and oxygen atoms in total. The molecule has 2 aromatic carbocycles. The molecule has 0 aliphatic carbocycles. The van der Waals surface area contributed by atoms with Crippen molar-refractivity contribution in [2.24, 2.45) is 0 Å². The summed E-state index contributed by atoms with van der Waals surface area (Å²) in [6.07, 6.45) is 1.03. The molecule has 0 aliphatic heterocycles. The Kier molecular flexibility index (Phi) is 7.04. The van der Waals surface area contributed by atoms with Gasteiger partial charge in [0.2, 0.25) is 5.91 Å². The minimum absolute atomic E-state index is 0.0649. The van der Waals surface area contributed by atoms with Gasteiger partial charge >= 0.3 is 0 Å². The van der Waals surface area contributed by atoms with Crippen molar-refractivity contribution in [3.05, 3.63) is 53.6 Å². The molecule has 2 aromatic rings. The number of aryl methyl sites for hydroxylation is 1. The second kappa shape index (κ2) is 9.25. The van der Waals surface area contributed by atoms with Gasteiger partial charge in [-0.1, -0.05) is 31.2 Å². The van der Waals surface area contributed by atoms with Gasteiger partial charge in [0, 0.05) is 18.3 Å². The van der Waals surface area contributed by atoms with E-state index in [1.807, 2.05) is 18.9 Å². The molecule has 0 aliphatic rings. The van der Waals surface area contributed by atoms with Crippen LogP contribution in [0.25, 0.3) is 0 Å². The summed E-state index contributed by atoms with van der Waals surface area (Å²) in [5, 5.41) is 2.94. The first-order valence-corrected chi connectivity index (χ1v) is 8.79. The van der Waals surface area contributed by atoms with Gasteiger partial charge in [0.15, 0.2) is 11.5 Å². The number of nitrogens with one attached hydrogen (secondary N) is 1. The molecule has 1 atom stereocenters. The first kappa shape index (κ1) is 19.8. The normalized spacial score (nSPS) is 11.9. The van der Waals surface area contributed by atoms with Gasteiger partial charge in [0.1, 0.15) is 0 Å². The number of hydrogen-bond acceptors (Lipinski definition) is 4. The van der Waals surface area contributed by atoms with Crippen LogP contribution in [0.15, 0.2) is 42.5 Å². The summed E-state index contributed by atoms with van der Waals surface area (Å²) in [7, 11) is 5.11. The predicted molar refractivity (Wildman–Crippen MR) is 105 cm³/mol. The Hall–Kier alpha value is -2.53. The highest BCUT2D eigenvalue weighted by molar-refractivity contribution is 5.94. The number of anilines is 1. The van der Waals surface area contributed by atoms with Crippen LogP contribution in [0.2, 0.25) is 0 Å². The molecule has 0 bridgehead atoms. The second-order valence-corrected chi connectivity index (χ2v) is 6.32. The molecule has 0 fully saturated rings. The summed E-state index contributed by atoms with van der Waals surface area (Å²) in [5.74, 6) is 1.15. The van der Waals surface area contributed by atoms with Crippen molar-refractivity contribution in [3.63, 3.8) is 0 Å². The Bertz CT molecular complexity index is 729. The third-order valence-electron chi connectivity index (χ3n) is 4.55. The molecule has 1 amide bonds. The van der Waals surface area contributed by atoms with Crippen molar-refractivity contribution in [3.8, 4) is 11.5 Å². The van der Waals surface area contributed by atoms with E-state index in [2.05, 4.69) is 36.5 Å². The van der Waals surface area contributed by atoms with Gasteiger partial charge in [-0.2, -0.15) is 0 Å². The van der Waals surface area contributed by atoms with E-state index in [-0.39, 0.29) is 11.9 Å². The third kappa shape index (κ3) is 4.99. The largest absolute Gasteiger partial charge is 0.493 e. The number of benzene rings is 2. The second-order valence-electron chi connectivity index (χ2n) is 6.32. The molecule has 0 heterocycles. The van der Waals surface area contributed by atoms with Crippen LogP contribution in [0, 0.1) is 0 Å². The van der Waals surface area contributed by atoms with Crippen LogP contribution in [-0.4, -0.2) is 38.1 Å². The maximum absolute atomic E-state index is 12.6. The van der Waals surface area contributed by atoms with Crippen molar-refractivity contribution in [2.45, 2.75) is 32.9 Å². The molecule has 2 rings (SSSR count). The van der Waals surface area contributed by atoms with E-state index in [0.29, 0.717) is 23.7 Å². The van der Waals surface area contributed by atoms with Crippen molar-refractivity contribution in [2.75, 3.05) is 26.6 Å². The minimum atomic E-state index is -0.269. The number of ether oxygens (including phenoxy) is 2. The first-order valence-electron chi connectivity index (χ1n) is 8.79. The Morgan fingerprint density at radius 2 is 1.65 bits per heavy atom. The van der Waals surface area contributed by atoms with Crippen LogP contribution in [0.3, 0.4) is 0 Å². The first-order chi connectivity index (χ1) is 12.5. The van der Waals surface area contributed by atoms with E-state index in [4.69, 9.17) is 9.47 Å². The van der Waals surface area contributed by atoms with Gasteiger partial charge in [-0.25, -0.2) is 0 Å². The van der Waals surface area contributed by atoms with Crippen LogP contribution in [0.1, 0.15) is 25.0 Å². The number of hydrogen-bond donors (Lipinski definition) is 1. The Labute approximate surface area is 155 Å². The lowest BCUT2D eigenvalue weighted by Crippen LogP contribution is -2.39. The molecular weight excluding hydrogens is 328 g/mol. The van der Waals surface area contributed by atoms with Crippen LogP contribution < -0.4 is 14.8 Å². The number of rotatable bonds is 8. The molecule has 0 saturated carbocycles. The zero-order valence-electron chi connectivity index (χ0n) is 16.2. The average molecular weight is 356 g/mol. The monoisotopic (exact) mass is 356 g/mol. The lowest BCUT2D eigenvalue weighted by atomic mass is 10.1. The number of carbonyl (C=O) groups excluding carboxylic acids is 1. The smallest absolute Gasteiger partial charge is 0.241 e. The fourth-order valence-electron chi connectivity index (χ4n) is 2.67. The molecule has 0 aromatic heterocycles. The van der Waals surface area contributed by atoms with Gasteiger partial charge < -0.3 is 14.8 Å². The highest BCUT2D eigenvalue weighted by Gasteiger charge is 2.19. The zero-order chi connectivity index (χ0) is 19.1. The maximum Gasteiger partial charge on any atom is 0.241 e. The van der Waals surface area contributed by atoms with Gasteiger partial charge in [-0.15, -0.1) is 0 Å². The molecular formula is C21H28N2O3. The molecule has 0 spiro atoms. The summed E-state index contributed by atoms with van der Waals surface area (Å²) in [5.41, 5.74) is 3.19. The van der Waals surface area contributed by atoms with Crippen LogP contribution in [0.5, 0.6) is 11.5 Å². The molecule has 26 heavy (non-hydrogen) atoms. The molecule has 0 radical (unpaired) electrons. The highest BCUT2D eigenvalue weighted by Crippen LogP contribution is 2.29. The average Bonchev–Trinajstić information content (AvgIpc) is 2.67. The van der Waals surface area contributed by atoms with Gasteiger partial charge in [-0.3, -0.25) is 9.69 Å². The highest BCUT2D eigenvalue weighted by atomic mass is 16.5. The number of carbonyl (C=O) groups is 1. The number of amides is 1. The van der Waals surface area contributed by atoms with E-state index in [1.54, 1.807) is 32.4 Å². The van der Waals surface area contributed by atoms with Crippen molar-refractivity contribution in [1.29, 1.82) is 0 Å². The van der Waals surface area contributed by atoms with Crippen molar-refractivity contribution < 1.29 is 14.3 Å². The standard InChI is InChI=1S/C21H28N2O3/c1-6-16-7-9-17(10-8-16)14-23(3)15(2)21(24)22-18-11-12-19(25-4)20(13-18)26-5/h7-13,15H,6,14H2,1-5H3,(H,22,24). The van der Waals surface area contributed by atoms with Crippen LogP contribution in [-0.2, 0) is 17.8 Å². The topological polar surface area (TPSA) is 50.8 Å². The van der Waals surface area contributed by atoms with E-state index < -0.39 is 0 Å². The number of nitrogens with zero attached hydrogens (tertiary/aromatic N) is 1. The zero-order valence-corrected chi connectivity index (χ0v) is 16.2. The van der Waals surface area contributed by atoms with Crippen LogP contribution >= 0.6 is 0 Å². The van der Waals surface area contributed by atoms with Gasteiger partial charge in [0.25, 0.3) is 0 Å². The van der Waals surface area contributed by atoms with Gasteiger partial charge in [0.05, 0.1) is 20.3 Å². The Morgan fingerprint density at radius 3 is 2.23 bits per heavy atom. The Morgan fingerprint density at radius 1 is 1.04 bits per heavy atom. The summed E-state index contributed by atoms with van der Waals surface area (Å²) in [6, 6.07) is 13.6. The molecule has 140 valence electrons.